The highest BCUT2D eigenvalue weighted by atomic mass is 16.5. The fraction of sp³-hybridized carbons (Fsp3) is 0.667. The summed E-state index contributed by atoms with van der Waals surface area (Å²) in [6, 6.07) is 7.44. The molecular formula is C18H30N2O. The molecule has 1 aliphatic rings. The zero-order valence-electron chi connectivity index (χ0n) is 13.9. The summed E-state index contributed by atoms with van der Waals surface area (Å²) in [5.74, 6) is 1.64. The van der Waals surface area contributed by atoms with E-state index in [0.717, 1.165) is 18.8 Å². The fourth-order valence-electron chi connectivity index (χ4n) is 3.88. The van der Waals surface area contributed by atoms with Gasteiger partial charge in [0.15, 0.2) is 0 Å². The van der Waals surface area contributed by atoms with Crippen LogP contribution in [0.1, 0.15) is 50.3 Å². The van der Waals surface area contributed by atoms with Crippen molar-refractivity contribution in [1.29, 1.82) is 0 Å². The Morgan fingerprint density at radius 1 is 1.38 bits per heavy atom. The third-order valence-electron chi connectivity index (χ3n) is 5.05. The van der Waals surface area contributed by atoms with Gasteiger partial charge in [0.2, 0.25) is 0 Å². The van der Waals surface area contributed by atoms with Gasteiger partial charge in [0.25, 0.3) is 0 Å². The van der Waals surface area contributed by atoms with E-state index in [9.17, 15) is 0 Å². The molecule has 0 aromatic heterocycles. The minimum absolute atomic E-state index is 0.363. The molecule has 0 radical (unpaired) electrons. The van der Waals surface area contributed by atoms with Crippen LogP contribution in [0.5, 0.6) is 5.75 Å². The molecule has 3 heteroatoms. The van der Waals surface area contributed by atoms with Crippen LogP contribution in [-0.2, 0) is 0 Å². The second-order valence-corrected chi connectivity index (χ2v) is 6.25. The Hall–Kier alpha value is -1.06. The van der Waals surface area contributed by atoms with Crippen LogP contribution in [-0.4, -0.2) is 31.1 Å². The zero-order valence-corrected chi connectivity index (χ0v) is 13.9. The van der Waals surface area contributed by atoms with Crippen LogP contribution in [0.2, 0.25) is 0 Å². The number of nitrogens with two attached hydrogens (primary N) is 1. The summed E-state index contributed by atoms with van der Waals surface area (Å²) >= 11 is 0. The van der Waals surface area contributed by atoms with Crippen molar-refractivity contribution in [3.63, 3.8) is 0 Å². The molecule has 21 heavy (non-hydrogen) atoms. The lowest BCUT2D eigenvalue weighted by Crippen LogP contribution is -2.41. The van der Waals surface area contributed by atoms with Crippen LogP contribution >= 0.6 is 0 Å². The van der Waals surface area contributed by atoms with Crippen molar-refractivity contribution in [3.8, 4) is 5.75 Å². The summed E-state index contributed by atoms with van der Waals surface area (Å²) in [7, 11) is 1.76. The van der Waals surface area contributed by atoms with Gasteiger partial charge in [-0.2, -0.15) is 0 Å². The molecule has 3 unspecified atom stereocenters. The monoisotopic (exact) mass is 290 g/mol. The highest BCUT2D eigenvalue weighted by Crippen LogP contribution is 2.37. The molecule has 1 fully saturated rings. The van der Waals surface area contributed by atoms with Gasteiger partial charge in [-0.25, -0.2) is 0 Å². The largest absolute Gasteiger partial charge is 0.496 e. The number of hydrogen-bond donors (Lipinski definition) is 1. The number of nitrogens with zero attached hydrogens (tertiary/aromatic N) is 1. The third kappa shape index (κ3) is 3.41. The van der Waals surface area contributed by atoms with Crippen LogP contribution < -0.4 is 10.5 Å². The summed E-state index contributed by atoms with van der Waals surface area (Å²) in [4.78, 5) is 2.61. The molecule has 0 aliphatic heterocycles. The number of benzene rings is 1. The molecule has 1 aliphatic carbocycles. The van der Waals surface area contributed by atoms with Gasteiger partial charge in [0.1, 0.15) is 5.75 Å². The lowest BCUT2D eigenvalue weighted by molar-refractivity contribution is 0.121. The van der Waals surface area contributed by atoms with E-state index in [-0.39, 0.29) is 0 Å². The molecule has 1 aromatic rings. The molecule has 118 valence electrons. The Morgan fingerprint density at radius 2 is 2.14 bits per heavy atom. The number of hydrogen-bond acceptors (Lipinski definition) is 3. The fourth-order valence-corrected chi connectivity index (χ4v) is 3.88. The molecule has 0 spiro atoms. The molecular weight excluding hydrogens is 260 g/mol. The maximum atomic E-state index is 5.98. The van der Waals surface area contributed by atoms with Crippen molar-refractivity contribution in [3.05, 3.63) is 29.3 Å². The highest BCUT2D eigenvalue weighted by molar-refractivity contribution is 5.39. The second kappa shape index (κ2) is 7.28. The average molecular weight is 290 g/mol. The molecule has 3 nitrogen and oxygen atoms in total. The highest BCUT2D eigenvalue weighted by Gasteiger charge is 2.33. The van der Waals surface area contributed by atoms with E-state index in [1.807, 2.05) is 0 Å². The van der Waals surface area contributed by atoms with Gasteiger partial charge in [0.05, 0.1) is 7.11 Å². The second-order valence-electron chi connectivity index (χ2n) is 6.25. The van der Waals surface area contributed by atoms with Crippen molar-refractivity contribution in [2.24, 2.45) is 11.7 Å². The third-order valence-corrected chi connectivity index (χ3v) is 5.05. The van der Waals surface area contributed by atoms with E-state index in [2.05, 4.69) is 43.9 Å². The normalized spacial score (nSPS) is 23.5. The van der Waals surface area contributed by atoms with Crippen molar-refractivity contribution in [2.75, 3.05) is 20.2 Å². The summed E-state index contributed by atoms with van der Waals surface area (Å²) in [5, 5.41) is 0. The Labute approximate surface area is 129 Å². The van der Waals surface area contributed by atoms with Crippen LogP contribution in [0, 0.1) is 12.8 Å². The first-order valence-electron chi connectivity index (χ1n) is 8.22. The lowest BCUT2D eigenvalue weighted by Gasteiger charge is -2.37. The summed E-state index contributed by atoms with van der Waals surface area (Å²) in [6.45, 7) is 8.56. The van der Waals surface area contributed by atoms with E-state index in [1.165, 1.54) is 30.4 Å². The van der Waals surface area contributed by atoms with E-state index in [0.29, 0.717) is 18.0 Å². The van der Waals surface area contributed by atoms with Crippen LogP contribution in [0.25, 0.3) is 0 Å². The average Bonchev–Trinajstić information content (AvgIpc) is 2.96. The molecule has 0 amide bonds. The Morgan fingerprint density at radius 3 is 2.76 bits per heavy atom. The van der Waals surface area contributed by atoms with E-state index < -0.39 is 0 Å². The molecule has 0 heterocycles. The van der Waals surface area contributed by atoms with Crippen LogP contribution in [0.3, 0.4) is 0 Å². The van der Waals surface area contributed by atoms with E-state index in [4.69, 9.17) is 10.5 Å². The van der Waals surface area contributed by atoms with Crippen LogP contribution in [0.15, 0.2) is 18.2 Å². The predicted molar refractivity (Wildman–Crippen MR) is 88.7 cm³/mol. The van der Waals surface area contributed by atoms with Crippen molar-refractivity contribution in [1.82, 2.24) is 4.90 Å². The summed E-state index contributed by atoms with van der Waals surface area (Å²) < 4.78 is 5.58. The van der Waals surface area contributed by atoms with Gasteiger partial charge in [-0.15, -0.1) is 0 Å². The minimum Gasteiger partial charge on any atom is -0.496 e. The predicted octanol–water partition coefficient (Wildman–Crippen LogP) is 3.51. The Balaban J connectivity index is 2.27. The summed E-state index contributed by atoms with van der Waals surface area (Å²) in [6.07, 6.45) is 3.85. The first kappa shape index (κ1) is 16.3. The number of aryl methyl sites for hydroxylation is 1. The maximum Gasteiger partial charge on any atom is 0.123 e. The SMILES string of the molecule is CCN(C(C)c1cc(C)ccc1OC)C1CCCC1CN. The summed E-state index contributed by atoms with van der Waals surface area (Å²) in [5.41, 5.74) is 8.57. The zero-order chi connectivity index (χ0) is 15.4. The van der Waals surface area contributed by atoms with Crippen molar-refractivity contribution >= 4 is 0 Å². The smallest absolute Gasteiger partial charge is 0.123 e. The first-order valence-corrected chi connectivity index (χ1v) is 8.22. The molecule has 1 saturated carbocycles. The maximum absolute atomic E-state index is 5.98. The molecule has 0 saturated heterocycles. The van der Waals surface area contributed by atoms with E-state index >= 15 is 0 Å². The topological polar surface area (TPSA) is 38.5 Å². The molecule has 3 atom stereocenters. The number of rotatable bonds is 6. The Bertz CT molecular complexity index is 461. The molecule has 2 rings (SSSR count). The van der Waals surface area contributed by atoms with Gasteiger partial charge in [-0.05, 0) is 51.8 Å². The molecule has 0 bridgehead atoms. The first-order chi connectivity index (χ1) is 10.1. The van der Waals surface area contributed by atoms with E-state index in [1.54, 1.807) is 7.11 Å². The minimum atomic E-state index is 0.363. The van der Waals surface area contributed by atoms with Gasteiger partial charge < -0.3 is 10.5 Å². The molecule has 2 N–H and O–H groups in total. The van der Waals surface area contributed by atoms with Crippen molar-refractivity contribution < 1.29 is 4.74 Å². The van der Waals surface area contributed by atoms with Crippen molar-refractivity contribution in [2.45, 2.75) is 52.1 Å². The van der Waals surface area contributed by atoms with Gasteiger partial charge in [0, 0.05) is 17.6 Å². The number of methoxy groups -OCH3 is 1. The number of ether oxygens (including phenoxy) is 1. The Kier molecular flexibility index (Phi) is 5.65. The van der Waals surface area contributed by atoms with Gasteiger partial charge >= 0.3 is 0 Å². The molecule has 1 aromatic carbocycles. The lowest BCUT2D eigenvalue weighted by atomic mass is 9.97. The van der Waals surface area contributed by atoms with Crippen LogP contribution in [0.4, 0.5) is 0 Å². The van der Waals surface area contributed by atoms with Gasteiger partial charge in [-0.3, -0.25) is 4.90 Å². The van der Waals surface area contributed by atoms with Gasteiger partial charge in [-0.1, -0.05) is 31.0 Å². The quantitative estimate of drug-likeness (QED) is 0.871. The standard InChI is InChI=1S/C18H30N2O/c1-5-20(17-8-6-7-15(17)12-19)14(3)16-11-13(2)9-10-18(16)21-4/h9-11,14-15,17H,5-8,12,19H2,1-4H3.